The lowest BCUT2D eigenvalue weighted by molar-refractivity contribution is 0.0696. The summed E-state index contributed by atoms with van der Waals surface area (Å²) < 4.78 is 0. The molecular formula is C11H18N2O2S. The van der Waals surface area contributed by atoms with Gasteiger partial charge in [-0.25, -0.2) is 9.78 Å². The van der Waals surface area contributed by atoms with Crippen LogP contribution in [0.15, 0.2) is 5.38 Å². The van der Waals surface area contributed by atoms with Gasteiger partial charge in [0.05, 0.1) is 5.69 Å². The molecule has 0 aromatic carbocycles. The second-order valence-electron chi connectivity index (χ2n) is 3.69. The Morgan fingerprint density at radius 2 is 2.31 bits per heavy atom. The molecule has 0 aliphatic rings. The van der Waals surface area contributed by atoms with Crippen molar-refractivity contribution in [1.82, 2.24) is 10.3 Å². The number of carboxylic acids is 1. The van der Waals surface area contributed by atoms with Crippen LogP contribution in [0.5, 0.6) is 0 Å². The first-order valence-corrected chi connectivity index (χ1v) is 6.50. The van der Waals surface area contributed by atoms with Crippen molar-refractivity contribution in [2.75, 3.05) is 6.54 Å². The van der Waals surface area contributed by atoms with Crippen LogP contribution in [-0.4, -0.2) is 22.6 Å². The van der Waals surface area contributed by atoms with Crippen molar-refractivity contribution in [3.63, 3.8) is 0 Å². The molecule has 0 aliphatic heterocycles. The third-order valence-electron chi connectivity index (χ3n) is 2.25. The zero-order valence-electron chi connectivity index (χ0n) is 9.53. The van der Waals surface area contributed by atoms with Gasteiger partial charge in [-0.3, -0.25) is 0 Å². The third-order valence-corrected chi connectivity index (χ3v) is 3.13. The van der Waals surface area contributed by atoms with E-state index in [-0.39, 0.29) is 5.01 Å². The van der Waals surface area contributed by atoms with Crippen LogP contribution < -0.4 is 5.32 Å². The van der Waals surface area contributed by atoms with E-state index in [1.54, 1.807) is 5.38 Å². The fraction of sp³-hybridized carbons (Fsp3) is 0.636. The summed E-state index contributed by atoms with van der Waals surface area (Å²) in [5.74, 6) is -0.945. The summed E-state index contributed by atoms with van der Waals surface area (Å²) in [6.07, 6.45) is 4.94. The van der Waals surface area contributed by atoms with E-state index in [0.717, 1.165) is 12.2 Å². The highest BCUT2D eigenvalue weighted by Gasteiger charge is 2.07. The van der Waals surface area contributed by atoms with E-state index in [9.17, 15) is 4.79 Å². The molecule has 16 heavy (non-hydrogen) atoms. The number of aromatic carboxylic acids is 1. The Kier molecular flexibility index (Phi) is 6.03. The molecule has 0 atom stereocenters. The minimum absolute atomic E-state index is 0.169. The van der Waals surface area contributed by atoms with Crippen molar-refractivity contribution < 1.29 is 9.90 Å². The average molecular weight is 242 g/mol. The van der Waals surface area contributed by atoms with Crippen molar-refractivity contribution in [2.45, 2.75) is 39.2 Å². The third kappa shape index (κ3) is 4.72. The maximum Gasteiger partial charge on any atom is 0.365 e. The first-order chi connectivity index (χ1) is 7.74. The predicted octanol–water partition coefficient (Wildman–Crippen LogP) is 2.51. The van der Waals surface area contributed by atoms with Gasteiger partial charge in [-0.1, -0.05) is 26.2 Å². The number of hydrogen-bond acceptors (Lipinski definition) is 4. The first-order valence-electron chi connectivity index (χ1n) is 5.62. The van der Waals surface area contributed by atoms with Crippen LogP contribution in [0.2, 0.25) is 0 Å². The number of rotatable bonds is 8. The first kappa shape index (κ1) is 13.1. The molecule has 0 radical (unpaired) electrons. The van der Waals surface area contributed by atoms with E-state index in [1.165, 1.54) is 37.0 Å². The van der Waals surface area contributed by atoms with E-state index >= 15 is 0 Å². The van der Waals surface area contributed by atoms with Crippen LogP contribution >= 0.6 is 11.3 Å². The summed E-state index contributed by atoms with van der Waals surface area (Å²) >= 11 is 1.18. The van der Waals surface area contributed by atoms with Crippen LogP contribution in [0, 0.1) is 0 Å². The maximum atomic E-state index is 10.6. The number of carbonyl (C=O) groups is 1. The van der Waals surface area contributed by atoms with Crippen LogP contribution in [0.4, 0.5) is 0 Å². The zero-order chi connectivity index (χ0) is 11.8. The molecule has 0 bridgehead atoms. The Bertz CT molecular complexity index is 326. The van der Waals surface area contributed by atoms with Gasteiger partial charge < -0.3 is 10.4 Å². The quantitative estimate of drug-likeness (QED) is 0.688. The van der Waals surface area contributed by atoms with Gasteiger partial charge in [-0.15, -0.1) is 11.3 Å². The summed E-state index contributed by atoms with van der Waals surface area (Å²) in [5.41, 5.74) is 0.817. The summed E-state index contributed by atoms with van der Waals surface area (Å²) in [4.78, 5) is 14.6. The molecule has 0 spiro atoms. The fourth-order valence-corrected chi connectivity index (χ4v) is 2.03. The lowest BCUT2D eigenvalue weighted by Crippen LogP contribution is -2.15. The van der Waals surface area contributed by atoms with Crippen molar-refractivity contribution in [3.8, 4) is 0 Å². The van der Waals surface area contributed by atoms with Gasteiger partial charge >= 0.3 is 5.97 Å². The normalized spacial score (nSPS) is 10.6. The molecule has 90 valence electrons. The van der Waals surface area contributed by atoms with Crippen LogP contribution in [0.25, 0.3) is 0 Å². The standard InChI is InChI=1S/C11H18N2O2S/c1-2-3-4-5-6-12-7-9-8-16-10(13-9)11(14)15/h8,12H,2-7H2,1H3,(H,14,15). The molecule has 2 N–H and O–H groups in total. The summed E-state index contributed by atoms with van der Waals surface area (Å²) in [6, 6.07) is 0. The molecular weight excluding hydrogens is 224 g/mol. The van der Waals surface area contributed by atoms with E-state index in [0.29, 0.717) is 6.54 Å². The molecule has 0 fully saturated rings. The van der Waals surface area contributed by atoms with Crippen LogP contribution in [0.3, 0.4) is 0 Å². The minimum Gasteiger partial charge on any atom is -0.476 e. The smallest absolute Gasteiger partial charge is 0.365 e. The SMILES string of the molecule is CCCCCCNCc1csc(C(=O)O)n1. The molecule has 0 amide bonds. The molecule has 0 saturated heterocycles. The molecule has 5 heteroatoms. The van der Waals surface area contributed by atoms with Crippen molar-refractivity contribution in [3.05, 3.63) is 16.1 Å². The highest BCUT2D eigenvalue weighted by molar-refractivity contribution is 7.11. The molecule has 4 nitrogen and oxygen atoms in total. The van der Waals surface area contributed by atoms with Crippen LogP contribution in [-0.2, 0) is 6.54 Å². The Morgan fingerprint density at radius 3 is 2.94 bits per heavy atom. The van der Waals surface area contributed by atoms with Crippen molar-refractivity contribution in [1.29, 1.82) is 0 Å². The highest BCUT2D eigenvalue weighted by atomic mass is 32.1. The Balaban J connectivity index is 2.14. The summed E-state index contributed by atoms with van der Waals surface area (Å²) in [6.45, 7) is 3.83. The Hall–Kier alpha value is -0.940. The second kappa shape index (κ2) is 7.35. The summed E-state index contributed by atoms with van der Waals surface area (Å²) in [5, 5.41) is 13.9. The molecule has 1 aromatic rings. The second-order valence-corrected chi connectivity index (χ2v) is 4.54. The molecule has 0 unspecified atom stereocenters. The van der Waals surface area contributed by atoms with Gasteiger partial charge in [0.1, 0.15) is 0 Å². The number of unbranched alkanes of at least 4 members (excludes halogenated alkanes) is 3. The Morgan fingerprint density at radius 1 is 1.50 bits per heavy atom. The molecule has 1 heterocycles. The van der Waals surface area contributed by atoms with E-state index in [2.05, 4.69) is 17.2 Å². The van der Waals surface area contributed by atoms with Gasteiger partial charge in [-0.2, -0.15) is 0 Å². The number of hydrogen-bond donors (Lipinski definition) is 2. The lowest BCUT2D eigenvalue weighted by Gasteiger charge is -2.01. The molecule has 0 aliphatic carbocycles. The number of nitrogens with zero attached hydrogens (tertiary/aromatic N) is 1. The maximum absolute atomic E-state index is 10.6. The average Bonchev–Trinajstić information content (AvgIpc) is 2.72. The van der Waals surface area contributed by atoms with Crippen LogP contribution in [0.1, 0.15) is 48.1 Å². The van der Waals surface area contributed by atoms with Crippen molar-refractivity contribution in [2.24, 2.45) is 0 Å². The zero-order valence-corrected chi connectivity index (χ0v) is 10.3. The summed E-state index contributed by atoms with van der Waals surface area (Å²) in [7, 11) is 0. The fourth-order valence-electron chi connectivity index (χ4n) is 1.38. The molecule has 1 aromatic heterocycles. The van der Waals surface area contributed by atoms with Crippen molar-refractivity contribution >= 4 is 17.3 Å². The van der Waals surface area contributed by atoms with E-state index in [4.69, 9.17) is 5.11 Å². The monoisotopic (exact) mass is 242 g/mol. The van der Waals surface area contributed by atoms with Gasteiger partial charge in [0.25, 0.3) is 0 Å². The Labute approximate surface area is 99.7 Å². The largest absolute Gasteiger partial charge is 0.476 e. The van der Waals surface area contributed by atoms with Gasteiger partial charge in [0, 0.05) is 11.9 Å². The number of thiazole rings is 1. The number of aromatic nitrogens is 1. The van der Waals surface area contributed by atoms with Gasteiger partial charge in [0.15, 0.2) is 0 Å². The molecule has 1 rings (SSSR count). The lowest BCUT2D eigenvalue weighted by atomic mass is 10.2. The predicted molar refractivity (Wildman–Crippen MR) is 64.9 cm³/mol. The topological polar surface area (TPSA) is 62.2 Å². The van der Waals surface area contributed by atoms with E-state index in [1.807, 2.05) is 0 Å². The van der Waals surface area contributed by atoms with Gasteiger partial charge in [-0.05, 0) is 13.0 Å². The van der Waals surface area contributed by atoms with Gasteiger partial charge in [0.2, 0.25) is 5.01 Å². The van der Waals surface area contributed by atoms with E-state index < -0.39 is 5.97 Å². The number of carboxylic acid groups (broad SMARTS) is 1. The number of nitrogens with one attached hydrogen (secondary N) is 1. The highest BCUT2D eigenvalue weighted by Crippen LogP contribution is 2.09. The minimum atomic E-state index is -0.945. The molecule has 0 saturated carbocycles.